The van der Waals surface area contributed by atoms with Gasteiger partial charge in [-0.25, -0.2) is 0 Å². The average Bonchev–Trinajstić information content (AvgIpc) is 4.09. The van der Waals surface area contributed by atoms with Gasteiger partial charge in [0, 0.05) is 44.9 Å². The van der Waals surface area contributed by atoms with Crippen molar-refractivity contribution in [2.45, 2.75) is 5.41 Å². The largest absolute Gasteiger partial charge is 0.311 e. The highest BCUT2D eigenvalue weighted by molar-refractivity contribution is 7.01. The van der Waals surface area contributed by atoms with E-state index < -0.39 is 5.41 Å². The predicted molar refractivity (Wildman–Crippen MR) is 312 cm³/mol. The number of fused-ring (bicyclic) bond motifs is 22. The predicted octanol–water partition coefficient (Wildman–Crippen LogP) is 16.4. The fourth-order valence-electron chi connectivity index (χ4n) is 14.3. The summed E-state index contributed by atoms with van der Waals surface area (Å²) < 4.78 is 0. The fraction of sp³-hybridized carbons (Fsp3) is 0.0141. The maximum Gasteiger partial charge on any atom is 0.252 e. The van der Waals surface area contributed by atoms with Gasteiger partial charge in [-0.3, -0.25) is 0 Å². The summed E-state index contributed by atoms with van der Waals surface area (Å²) in [5.41, 5.74) is 23.6. The van der Waals surface area contributed by atoms with Crippen molar-refractivity contribution in [3.8, 4) is 33.4 Å². The minimum absolute atomic E-state index is 0.0602. The molecule has 2 nitrogen and oxygen atoms in total. The van der Waals surface area contributed by atoms with E-state index >= 15 is 0 Å². The summed E-state index contributed by atoms with van der Waals surface area (Å²) in [4.78, 5) is 5.20. The summed E-state index contributed by atoms with van der Waals surface area (Å²) in [5.74, 6) is 0. The molecule has 4 aliphatic rings. The van der Waals surface area contributed by atoms with Gasteiger partial charge in [0.25, 0.3) is 6.71 Å². The Morgan fingerprint density at radius 3 is 1.20 bits per heavy atom. The summed E-state index contributed by atoms with van der Waals surface area (Å²) in [5, 5.41) is 10.0. The highest BCUT2D eigenvalue weighted by atomic mass is 15.2. The molecule has 1 spiro atoms. The van der Waals surface area contributed by atoms with Crippen molar-refractivity contribution in [2.24, 2.45) is 0 Å². The molecule has 13 aromatic rings. The number of hydrogen-bond acceptors (Lipinski definition) is 2. The zero-order valence-electron chi connectivity index (χ0n) is 40.3. The Hall–Kier alpha value is -9.44. The van der Waals surface area contributed by atoms with Crippen LogP contribution in [0, 0.1) is 0 Å². The first-order valence-electron chi connectivity index (χ1n) is 26.0. The second-order valence-electron chi connectivity index (χ2n) is 20.6. The lowest BCUT2D eigenvalue weighted by molar-refractivity contribution is 0.794. The number of nitrogens with zero attached hydrogens (tertiary/aromatic N) is 2. The van der Waals surface area contributed by atoms with Crippen LogP contribution in [0.25, 0.3) is 76.5 Å². The summed E-state index contributed by atoms with van der Waals surface area (Å²) in [6.07, 6.45) is 0. The Labute approximate surface area is 429 Å². The lowest BCUT2D eigenvalue weighted by Gasteiger charge is -2.45. The van der Waals surface area contributed by atoms with Crippen molar-refractivity contribution in [2.75, 3.05) is 9.80 Å². The van der Waals surface area contributed by atoms with E-state index in [1.54, 1.807) is 0 Å². The second-order valence-corrected chi connectivity index (χ2v) is 20.6. The number of hydrogen-bond donors (Lipinski definition) is 0. The SMILES string of the molecule is c1ccc(N2c3cc(-c4ccc5c(c4)C4(c6ccccc6-c6ccccc64)c4ccccc4-5)cc4c3B(c3ccc5c(ccc6ccccc65)c32)c2ccc3c(ccc5ccccc53)c2N4c2ccccc2)cc1. The molecule has 0 N–H and O–H groups in total. The van der Waals surface area contributed by atoms with Gasteiger partial charge in [-0.1, -0.05) is 218 Å². The smallest absolute Gasteiger partial charge is 0.252 e. The molecule has 340 valence electrons. The van der Waals surface area contributed by atoms with Crippen molar-refractivity contribution >= 4 is 100 Å². The third-order valence-corrected chi connectivity index (χ3v) is 17.2. The van der Waals surface area contributed by atoms with Crippen LogP contribution >= 0.6 is 0 Å². The number of benzene rings is 13. The molecule has 2 aliphatic heterocycles. The minimum atomic E-state index is -0.462. The van der Waals surface area contributed by atoms with Gasteiger partial charge in [0.2, 0.25) is 0 Å². The molecule has 13 aromatic carbocycles. The first-order chi connectivity index (χ1) is 36.7. The Bertz CT molecular complexity index is 4320. The summed E-state index contributed by atoms with van der Waals surface area (Å²) in [6, 6.07) is 98.8. The topological polar surface area (TPSA) is 6.48 Å². The van der Waals surface area contributed by atoms with Crippen LogP contribution in [0.4, 0.5) is 34.1 Å². The lowest BCUT2D eigenvalue weighted by Crippen LogP contribution is -2.61. The van der Waals surface area contributed by atoms with Crippen LogP contribution in [0.15, 0.2) is 261 Å². The number of anilines is 6. The normalized spacial score (nSPS) is 14.0. The number of para-hydroxylation sites is 2. The van der Waals surface area contributed by atoms with Gasteiger partial charge in [0.15, 0.2) is 0 Å². The first kappa shape index (κ1) is 40.2. The van der Waals surface area contributed by atoms with Crippen LogP contribution in [0.2, 0.25) is 0 Å². The molecule has 17 rings (SSSR count). The van der Waals surface area contributed by atoms with Crippen LogP contribution in [0.1, 0.15) is 22.3 Å². The van der Waals surface area contributed by atoms with Gasteiger partial charge in [-0.2, -0.15) is 0 Å². The molecule has 0 aromatic heterocycles. The number of rotatable bonds is 3. The molecule has 0 bridgehead atoms. The maximum atomic E-state index is 2.60. The third kappa shape index (κ3) is 5.15. The Morgan fingerprint density at radius 1 is 0.284 bits per heavy atom. The molecule has 2 aliphatic carbocycles. The van der Waals surface area contributed by atoms with E-state index in [-0.39, 0.29) is 6.71 Å². The van der Waals surface area contributed by atoms with Gasteiger partial charge in [0.1, 0.15) is 0 Å². The van der Waals surface area contributed by atoms with Crippen LogP contribution in [0.3, 0.4) is 0 Å². The summed E-state index contributed by atoms with van der Waals surface area (Å²) >= 11 is 0. The molecule has 3 heteroatoms. The van der Waals surface area contributed by atoms with E-state index in [0.717, 1.165) is 11.4 Å². The summed E-state index contributed by atoms with van der Waals surface area (Å²) in [7, 11) is 0. The Balaban J connectivity index is 1.01. The molecule has 0 radical (unpaired) electrons. The molecule has 0 unspecified atom stereocenters. The zero-order chi connectivity index (χ0) is 48.2. The van der Waals surface area contributed by atoms with E-state index in [1.807, 2.05) is 0 Å². The monoisotopic (exact) mass is 934 g/mol. The van der Waals surface area contributed by atoms with Gasteiger partial charge < -0.3 is 9.80 Å². The molecule has 2 heterocycles. The standard InChI is InChI=1S/C71H43BN2/c1-3-19-48(20-4-1)73-66-42-47(46-33-34-57-56-27-13-16-30-62(56)71(63(57)41-46)60-28-14-11-25-54(60)55-26-12-15-29-61(55)71)43-67-68(66)72(64-39-37-52-50-23-9-7-17-44(50)31-35-58(52)69(64)73)65-40-38-53-51-24-10-8-18-45(51)32-36-59(53)70(65)74(67)49-21-5-2-6-22-49/h1-43H. The third-order valence-electron chi connectivity index (χ3n) is 17.2. The second kappa shape index (κ2) is 14.8. The molecule has 0 atom stereocenters. The Kier molecular flexibility index (Phi) is 8.05. The highest BCUT2D eigenvalue weighted by Crippen LogP contribution is 2.63. The summed E-state index contributed by atoms with van der Waals surface area (Å²) in [6.45, 7) is -0.0602. The molecule has 0 amide bonds. The fourth-order valence-corrected chi connectivity index (χ4v) is 14.3. The first-order valence-corrected chi connectivity index (χ1v) is 26.0. The molecule has 0 saturated heterocycles. The van der Waals surface area contributed by atoms with Crippen LogP contribution in [-0.2, 0) is 5.41 Å². The van der Waals surface area contributed by atoms with Gasteiger partial charge in [-0.05, 0) is 147 Å². The zero-order valence-corrected chi connectivity index (χ0v) is 40.3. The van der Waals surface area contributed by atoms with Gasteiger partial charge in [0.05, 0.1) is 5.41 Å². The van der Waals surface area contributed by atoms with E-state index in [0.29, 0.717) is 0 Å². The molecule has 0 fully saturated rings. The van der Waals surface area contributed by atoms with E-state index in [2.05, 4.69) is 271 Å². The minimum Gasteiger partial charge on any atom is -0.311 e. The molecule has 0 saturated carbocycles. The van der Waals surface area contributed by atoms with E-state index in [1.165, 1.54) is 138 Å². The maximum absolute atomic E-state index is 2.60. The molecular weight excluding hydrogens is 892 g/mol. The van der Waals surface area contributed by atoms with E-state index in [4.69, 9.17) is 0 Å². The Morgan fingerprint density at radius 2 is 0.703 bits per heavy atom. The van der Waals surface area contributed by atoms with Crippen LogP contribution in [-0.4, -0.2) is 6.71 Å². The highest BCUT2D eigenvalue weighted by Gasteiger charge is 2.52. The molecular formula is C71H43BN2. The van der Waals surface area contributed by atoms with Crippen molar-refractivity contribution in [3.63, 3.8) is 0 Å². The van der Waals surface area contributed by atoms with E-state index in [9.17, 15) is 0 Å². The molecule has 74 heavy (non-hydrogen) atoms. The van der Waals surface area contributed by atoms with Gasteiger partial charge in [-0.15, -0.1) is 0 Å². The van der Waals surface area contributed by atoms with Crippen molar-refractivity contribution in [1.82, 2.24) is 0 Å². The quantitative estimate of drug-likeness (QED) is 0.129. The van der Waals surface area contributed by atoms with Crippen molar-refractivity contribution in [1.29, 1.82) is 0 Å². The average molecular weight is 935 g/mol. The van der Waals surface area contributed by atoms with Crippen molar-refractivity contribution < 1.29 is 0 Å². The lowest BCUT2D eigenvalue weighted by atomic mass is 9.33. The van der Waals surface area contributed by atoms with Crippen molar-refractivity contribution in [3.05, 3.63) is 283 Å². The van der Waals surface area contributed by atoms with Crippen LogP contribution in [0.5, 0.6) is 0 Å². The van der Waals surface area contributed by atoms with Gasteiger partial charge >= 0.3 is 0 Å². The van der Waals surface area contributed by atoms with Crippen LogP contribution < -0.4 is 26.2 Å².